The SMILES string of the molecule is CCc1nc(NC(C)CC)c2oc3ccccc3c2n1. The third kappa shape index (κ3) is 2.11. The van der Waals surface area contributed by atoms with Crippen LogP contribution in [0.1, 0.15) is 33.0 Å². The molecule has 2 heterocycles. The third-order valence-electron chi connectivity index (χ3n) is 3.58. The standard InChI is InChI=1S/C16H19N3O/c1-4-10(3)17-16-15-14(18-13(5-2)19-16)11-8-6-7-9-12(11)20-15/h6-10H,4-5H2,1-3H3,(H,17,18,19). The Labute approximate surface area is 118 Å². The Hall–Kier alpha value is -2.10. The number of nitrogens with zero attached hydrogens (tertiary/aromatic N) is 2. The number of furan rings is 1. The van der Waals surface area contributed by atoms with Crippen molar-refractivity contribution in [2.75, 3.05) is 5.32 Å². The van der Waals surface area contributed by atoms with Gasteiger partial charge in [-0.25, -0.2) is 9.97 Å². The summed E-state index contributed by atoms with van der Waals surface area (Å²) in [6.07, 6.45) is 1.85. The number of fused-ring (bicyclic) bond motifs is 3. The van der Waals surface area contributed by atoms with Crippen molar-refractivity contribution in [1.82, 2.24) is 9.97 Å². The Morgan fingerprint density at radius 3 is 2.75 bits per heavy atom. The molecule has 104 valence electrons. The number of anilines is 1. The van der Waals surface area contributed by atoms with Gasteiger partial charge in [-0.15, -0.1) is 0 Å². The highest BCUT2D eigenvalue weighted by atomic mass is 16.3. The van der Waals surface area contributed by atoms with E-state index in [9.17, 15) is 0 Å². The molecule has 20 heavy (non-hydrogen) atoms. The molecule has 0 saturated carbocycles. The van der Waals surface area contributed by atoms with Gasteiger partial charge in [0.1, 0.15) is 16.9 Å². The molecule has 2 aromatic heterocycles. The molecular weight excluding hydrogens is 250 g/mol. The van der Waals surface area contributed by atoms with E-state index in [0.29, 0.717) is 6.04 Å². The first-order valence-electron chi connectivity index (χ1n) is 7.17. The molecule has 0 aliphatic carbocycles. The van der Waals surface area contributed by atoms with Crippen molar-refractivity contribution in [1.29, 1.82) is 0 Å². The van der Waals surface area contributed by atoms with E-state index in [2.05, 4.69) is 36.1 Å². The number of aromatic nitrogens is 2. The molecule has 0 fully saturated rings. The van der Waals surface area contributed by atoms with Crippen LogP contribution in [0, 0.1) is 0 Å². The fourth-order valence-electron chi connectivity index (χ4n) is 2.23. The van der Waals surface area contributed by atoms with E-state index in [0.717, 1.165) is 46.6 Å². The zero-order valence-electron chi connectivity index (χ0n) is 12.1. The van der Waals surface area contributed by atoms with Crippen molar-refractivity contribution in [3.05, 3.63) is 30.1 Å². The molecule has 0 radical (unpaired) electrons. The number of hydrogen-bond acceptors (Lipinski definition) is 4. The molecule has 0 aliphatic heterocycles. The Morgan fingerprint density at radius 1 is 1.20 bits per heavy atom. The molecule has 3 aromatic rings. The molecule has 0 bridgehead atoms. The van der Waals surface area contributed by atoms with Crippen molar-refractivity contribution in [2.24, 2.45) is 0 Å². The average Bonchev–Trinajstić information content (AvgIpc) is 2.86. The van der Waals surface area contributed by atoms with Crippen molar-refractivity contribution in [3.63, 3.8) is 0 Å². The fourth-order valence-corrected chi connectivity index (χ4v) is 2.23. The summed E-state index contributed by atoms with van der Waals surface area (Å²) in [4.78, 5) is 9.22. The maximum absolute atomic E-state index is 5.94. The van der Waals surface area contributed by atoms with Gasteiger partial charge in [-0.3, -0.25) is 0 Å². The van der Waals surface area contributed by atoms with Crippen LogP contribution in [0.25, 0.3) is 22.1 Å². The van der Waals surface area contributed by atoms with E-state index in [-0.39, 0.29) is 0 Å². The normalized spacial score (nSPS) is 12.9. The van der Waals surface area contributed by atoms with Crippen LogP contribution < -0.4 is 5.32 Å². The summed E-state index contributed by atoms with van der Waals surface area (Å²) in [5.74, 6) is 1.65. The van der Waals surface area contributed by atoms with Crippen molar-refractivity contribution < 1.29 is 4.42 Å². The monoisotopic (exact) mass is 269 g/mol. The molecule has 1 aromatic carbocycles. The summed E-state index contributed by atoms with van der Waals surface area (Å²) < 4.78 is 5.94. The summed E-state index contributed by atoms with van der Waals surface area (Å²) in [7, 11) is 0. The summed E-state index contributed by atoms with van der Waals surface area (Å²) in [5.41, 5.74) is 2.51. The summed E-state index contributed by atoms with van der Waals surface area (Å²) in [6.45, 7) is 6.36. The van der Waals surface area contributed by atoms with Gasteiger partial charge in [0.15, 0.2) is 11.4 Å². The van der Waals surface area contributed by atoms with Crippen LogP contribution in [0.4, 0.5) is 5.82 Å². The van der Waals surface area contributed by atoms with E-state index >= 15 is 0 Å². The minimum atomic E-state index is 0.353. The molecule has 4 nitrogen and oxygen atoms in total. The van der Waals surface area contributed by atoms with Crippen LogP contribution in [0.2, 0.25) is 0 Å². The van der Waals surface area contributed by atoms with Crippen LogP contribution in [0.5, 0.6) is 0 Å². The summed E-state index contributed by atoms with van der Waals surface area (Å²) in [6, 6.07) is 8.34. The third-order valence-corrected chi connectivity index (χ3v) is 3.58. The number of rotatable bonds is 4. The molecule has 0 saturated heterocycles. The first kappa shape index (κ1) is 12.9. The molecule has 4 heteroatoms. The van der Waals surface area contributed by atoms with Gasteiger partial charge in [-0.05, 0) is 25.5 Å². The Balaban J connectivity index is 2.26. The lowest BCUT2D eigenvalue weighted by atomic mass is 10.2. The number of para-hydroxylation sites is 1. The van der Waals surface area contributed by atoms with Gasteiger partial charge < -0.3 is 9.73 Å². The number of benzene rings is 1. The van der Waals surface area contributed by atoms with Gasteiger partial charge in [0.05, 0.1) is 0 Å². The quantitative estimate of drug-likeness (QED) is 0.773. The minimum Gasteiger partial charge on any atom is -0.450 e. The van der Waals surface area contributed by atoms with Crippen LogP contribution in [0.3, 0.4) is 0 Å². The molecule has 3 rings (SSSR count). The van der Waals surface area contributed by atoms with E-state index in [4.69, 9.17) is 4.42 Å². The number of nitrogens with one attached hydrogen (secondary N) is 1. The van der Waals surface area contributed by atoms with Gasteiger partial charge >= 0.3 is 0 Å². The smallest absolute Gasteiger partial charge is 0.196 e. The average molecular weight is 269 g/mol. The number of hydrogen-bond donors (Lipinski definition) is 1. The second-order valence-corrected chi connectivity index (χ2v) is 5.07. The highest BCUT2D eigenvalue weighted by Crippen LogP contribution is 2.31. The van der Waals surface area contributed by atoms with Crippen molar-refractivity contribution in [3.8, 4) is 0 Å². The highest BCUT2D eigenvalue weighted by molar-refractivity contribution is 6.05. The van der Waals surface area contributed by atoms with Gasteiger partial charge in [0.25, 0.3) is 0 Å². The lowest BCUT2D eigenvalue weighted by Gasteiger charge is -2.12. The molecule has 1 unspecified atom stereocenters. The maximum Gasteiger partial charge on any atom is 0.196 e. The highest BCUT2D eigenvalue weighted by Gasteiger charge is 2.15. The zero-order valence-corrected chi connectivity index (χ0v) is 12.1. The largest absolute Gasteiger partial charge is 0.450 e. The first-order valence-corrected chi connectivity index (χ1v) is 7.17. The van der Waals surface area contributed by atoms with Gasteiger partial charge in [-0.2, -0.15) is 0 Å². The molecule has 1 N–H and O–H groups in total. The lowest BCUT2D eigenvalue weighted by molar-refractivity contribution is 0.661. The predicted molar refractivity (Wildman–Crippen MR) is 82.1 cm³/mol. The molecule has 1 atom stereocenters. The molecular formula is C16H19N3O. The predicted octanol–water partition coefficient (Wildman–Crippen LogP) is 4.15. The maximum atomic E-state index is 5.94. The van der Waals surface area contributed by atoms with E-state index in [1.807, 2.05) is 24.3 Å². The van der Waals surface area contributed by atoms with Crippen molar-refractivity contribution in [2.45, 2.75) is 39.7 Å². The summed E-state index contributed by atoms with van der Waals surface area (Å²) >= 11 is 0. The second kappa shape index (κ2) is 5.12. The zero-order chi connectivity index (χ0) is 14.1. The van der Waals surface area contributed by atoms with E-state index in [1.165, 1.54) is 0 Å². The van der Waals surface area contributed by atoms with Crippen molar-refractivity contribution >= 4 is 27.9 Å². The Kier molecular flexibility index (Phi) is 3.30. The number of aryl methyl sites for hydroxylation is 1. The van der Waals surface area contributed by atoms with Gasteiger partial charge in [0, 0.05) is 17.8 Å². The lowest BCUT2D eigenvalue weighted by Crippen LogP contribution is -2.15. The van der Waals surface area contributed by atoms with E-state index in [1.54, 1.807) is 0 Å². The Bertz CT molecular complexity index is 748. The Morgan fingerprint density at radius 2 is 2.00 bits per heavy atom. The second-order valence-electron chi connectivity index (χ2n) is 5.07. The fraction of sp³-hybridized carbons (Fsp3) is 0.375. The topological polar surface area (TPSA) is 51.0 Å². The molecule has 0 amide bonds. The van der Waals surface area contributed by atoms with E-state index < -0.39 is 0 Å². The summed E-state index contributed by atoms with van der Waals surface area (Å²) in [5, 5.41) is 4.47. The van der Waals surface area contributed by atoms with Gasteiger partial charge in [0.2, 0.25) is 0 Å². The van der Waals surface area contributed by atoms with Crippen LogP contribution in [-0.4, -0.2) is 16.0 Å². The minimum absolute atomic E-state index is 0.353. The molecule has 0 aliphatic rings. The van der Waals surface area contributed by atoms with Crippen LogP contribution >= 0.6 is 0 Å². The van der Waals surface area contributed by atoms with Crippen LogP contribution in [-0.2, 0) is 6.42 Å². The van der Waals surface area contributed by atoms with Gasteiger partial charge in [-0.1, -0.05) is 26.0 Å². The van der Waals surface area contributed by atoms with Crippen LogP contribution in [0.15, 0.2) is 28.7 Å². The first-order chi connectivity index (χ1) is 9.72. The molecule has 0 spiro atoms.